The van der Waals surface area contributed by atoms with Gasteiger partial charge in [-0.25, -0.2) is 9.59 Å². The molecule has 6 aromatic rings. The Morgan fingerprint density at radius 1 is 0.944 bits per heavy atom. The number of para-hydroxylation sites is 1. The van der Waals surface area contributed by atoms with Gasteiger partial charge in [-0.1, -0.05) is 39.0 Å². The number of aryl methyl sites for hydroxylation is 1. The van der Waals surface area contributed by atoms with Crippen LogP contribution >= 0.6 is 22.9 Å². The van der Waals surface area contributed by atoms with Gasteiger partial charge in [0.25, 0.3) is 11.8 Å². The molecule has 8 rings (SSSR count). The highest BCUT2D eigenvalue weighted by Gasteiger charge is 2.56. The minimum absolute atomic E-state index is 0.00589. The van der Waals surface area contributed by atoms with Crippen molar-refractivity contribution in [3.63, 3.8) is 0 Å². The van der Waals surface area contributed by atoms with Crippen LogP contribution in [0.15, 0.2) is 66.0 Å². The van der Waals surface area contributed by atoms with Gasteiger partial charge in [0.1, 0.15) is 11.4 Å². The molecule has 14 heteroatoms. The molecule has 278 valence electrons. The second-order valence-electron chi connectivity index (χ2n) is 15.2. The Bertz CT molecular complexity index is 2500. The van der Waals surface area contributed by atoms with Crippen molar-refractivity contribution in [2.45, 2.75) is 39.2 Å². The number of amides is 4. The molecule has 2 aliphatic rings. The number of carbonyl (C=O) groups is 4. The lowest BCUT2D eigenvalue weighted by Crippen LogP contribution is -2.67. The molecule has 5 N–H and O–H groups in total. The Morgan fingerprint density at radius 2 is 1.67 bits per heavy atom. The summed E-state index contributed by atoms with van der Waals surface area (Å²) in [5.74, 6) is -0.527. The van der Waals surface area contributed by atoms with E-state index < -0.39 is 23.1 Å². The standard InChI is InChI=1S/C40H39ClN6O6S/c1-21-19-54-34-26(40(39(2,3)4)20-45(37(50)51)11-12-47(40)38(52)53)16-31-33(32(21)34)24(17-41)18-46(31)36(49)30-15-23-13-25(9-10-28(23)44-30)42-35(48)29-14-22-7-5-6-8-27(22)43-29/h5-10,13-16,19,24,43-44H,11-12,17-18,20H2,1-4H3,(H,42,48)(H,50,51)(H,52,53)/t24-,40?/m1/s1. The highest BCUT2D eigenvalue weighted by Crippen LogP contribution is 2.54. The number of H-pyrrole nitrogens is 2. The van der Waals surface area contributed by atoms with Crippen molar-refractivity contribution in [1.82, 2.24) is 19.8 Å². The summed E-state index contributed by atoms with van der Waals surface area (Å²) in [7, 11) is 0. The van der Waals surface area contributed by atoms with Crippen LogP contribution in [0, 0.1) is 12.3 Å². The van der Waals surface area contributed by atoms with E-state index in [1.807, 2.05) is 75.5 Å². The highest BCUT2D eigenvalue weighted by atomic mass is 35.5. The Morgan fingerprint density at radius 3 is 2.37 bits per heavy atom. The number of nitrogens with zero attached hydrogens (tertiary/aromatic N) is 3. The maximum absolute atomic E-state index is 14.6. The van der Waals surface area contributed by atoms with Crippen molar-refractivity contribution in [2.75, 3.05) is 42.3 Å². The maximum atomic E-state index is 14.6. The van der Waals surface area contributed by atoms with Crippen LogP contribution < -0.4 is 10.2 Å². The second-order valence-corrected chi connectivity index (χ2v) is 16.4. The number of aromatic nitrogens is 2. The van der Waals surface area contributed by atoms with E-state index in [0.717, 1.165) is 37.5 Å². The maximum Gasteiger partial charge on any atom is 0.408 e. The average Bonchev–Trinajstić information content (AvgIpc) is 3.93. The highest BCUT2D eigenvalue weighted by molar-refractivity contribution is 7.17. The number of thiophene rings is 1. The molecule has 2 aliphatic heterocycles. The number of alkyl halides is 1. The number of carboxylic acid groups (broad SMARTS) is 2. The lowest BCUT2D eigenvalue weighted by Gasteiger charge is -2.56. The van der Waals surface area contributed by atoms with E-state index in [4.69, 9.17) is 11.6 Å². The van der Waals surface area contributed by atoms with Crippen molar-refractivity contribution in [2.24, 2.45) is 5.41 Å². The number of anilines is 2. The summed E-state index contributed by atoms with van der Waals surface area (Å²) in [6.07, 6.45) is -2.26. The Balaban J connectivity index is 1.20. The number of halogens is 1. The quantitative estimate of drug-likeness (QED) is 0.110. The minimum atomic E-state index is -1.29. The first kappa shape index (κ1) is 35.5. The number of hydrogen-bond acceptors (Lipinski definition) is 5. The zero-order valence-corrected chi connectivity index (χ0v) is 31.7. The fraction of sp³-hybridized carbons (Fsp3) is 0.300. The molecule has 5 heterocycles. The summed E-state index contributed by atoms with van der Waals surface area (Å²) >= 11 is 8.13. The fourth-order valence-corrected chi connectivity index (χ4v) is 9.88. The molecule has 3 aromatic heterocycles. The Kier molecular flexibility index (Phi) is 8.42. The molecule has 1 unspecified atom stereocenters. The topological polar surface area (TPSA) is 162 Å². The molecule has 1 fully saturated rings. The smallest absolute Gasteiger partial charge is 0.408 e. The Hall–Kier alpha value is -5.53. The van der Waals surface area contributed by atoms with Crippen LogP contribution in [0.5, 0.6) is 0 Å². The molecule has 0 spiro atoms. The van der Waals surface area contributed by atoms with Gasteiger partial charge in [-0.2, -0.15) is 0 Å². The van der Waals surface area contributed by atoms with E-state index in [9.17, 15) is 29.4 Å². The average molecular weight is 767 g/mol. The van der Waals surface area contributed by atoms with Gasteiger partial charge < -0.3 is 35.3 Å². The van der Waals surface area contributed by atoms with Crippen molar-refractivity contribution in [1.29, 1.82) is 0 Å². The summed E-state index contributed by atoms with van der Waals surface area (Å²) in [4.78, 5) is 64.0. The molecule has 0 aliphatic carbocycles. The second kappa shape index (κ2) is 12.8. The molecule has 2 atom stereocenters. The van der Waals surface area contributed by atoms with Crippen LogP contribution in [0.3, 0.4) is 0 Å². The van der Waals surface area contributed by atoms with Gasteiger partial charge >= 0.3 is 12.2 Å². The summed E-state index contributed by atoms with van der Waals surface area (Å²) in [5, 5.41) is 28.3. The molecule has 1 saturated heterocycles. The predicted octanol–water partition coefficient (Wildman–Crippen LogP) is 8.62. The monoisotopic (exact) mass is 766 g/mol. The van der Waals surface area contributed by atoms with Crippen LogP contribution in [0.25, 0.3) is 31.9 Å². The van der Waals surface area contributed by atoms with Crippen LogP contribution in [0.2, 0.25) is 0 Å². The number of benzene rings is 3. The molecule has 0 bridgehead atoms. The van der Waals surface area contributed by atoms with E-state index in [1.54, 1.807) is 23.1 Å². The molecule has 0 radical (unpaired) electrons. The summed E-state index contributed by atoms with van der Waals surface area (Å²) in [6, 6.07) is 18.5. The number of carbonyl (C=O) groups excluding carboxylic acids is 2. The van der Waals surface area contributed by atoms with Gasteiger partial charge in [0.05, 0.1) is 12.1 Å². The van der Waals surface area contributed by atoms with Gasteiger partial charge in [0, 0.05) is 80.3 Å². The first-order chi connectivity index (χ1) is 25.7. The van der Waals surface area contributed by atoms with Crippen molar-refractivity contribution < 1.29 is 29.4 Å². The molecule has 54 heavy (non-hydrogen) atoms. The largest absolute Gasteiger partial charge is 0.465 e. The normalized spacial score (nSPS) is 18.8. The van der Waals surface area contributed by atoms with Crippen molar-refractivity contribution in [3.8, 4) is 0 Å². The molecule has 0 saturated carbocycles. The molecule has 4 amide bonds. The van der Waals surface area contributed by atoms with Gasteiger partial charge in [-0.05, 0) is 71.3 Å². The van der Waals surface area contributed by atoms with Crippen LogP contribution in [-0.4, -0.2) is 86.0 Å². The van der Waals surface area contributed by atoms with Gasteiger partial charge in [-0.3, -0.25) is 14.5 Å². The molecule has 3 aromatic carbocycles. The van der Waals surface area contributed by atoms with E-state index in [0.29, 0.717) is 40.4 Å². The number of nitrogens with one attached hydrogen (secondary N) is 3. The third kappa shape index (κ3) is 5.48. The first-order valence-corrected chi connectivity index (χ1v) is 19.1. The van der Waals surface area contributed by atoms with Crippen LogP contribution in [0.1, 0.15) is 64.4 Å². The predicted molar refractivity (Wildman–Crippen MR) is 212 cm³/mol. The number of fused-ring (bicyclic) bond motifs is 5. The molecular formula is C40H39ClN6O6S. The van der Waals surface area contributed by atoms with Gasteiger partial charge in [0.2, 0.25) is 0 Å². The van der Waals surface area contributed by atoms with E-state index in [-0.39, 0.29) is 43.2 Å². The van der Waals surface area contributed by atoms with Crippen LogP contribution in [0.4, 0.5) is 21.0 Å². The van der Waals surface area contributed by atoms with E-state index in [2.05, 4.69) is 15.3 Å². The summed E-state index contributed by atoms with van der Waals surface area (Å²) < 4.78 is 0.858. The van der Waals surface area contributed by atoms with Crippen molar-refractivity contribution >= 4 is 90.2 Å². The third-order valence-corrected chi connectivity index (χ3v) is 12.6. The SMILES string of the molecule is Cc1csc2c(C3(C(C)(C)C)CN(C(=O)O)CCN3C(=O)O)cc3c(c12)[C@H](CCl)CN3C(=O)c1cc2cc(NC(=O)c3cc4ccccc4[nH]3)ccc2[nH]1. The minimum Gasteiger partial charge on any atom is -0.465 e. The number of rotatable bonds is 5. The molecule has 12 nitrogen and oxygen atoms in total. The number of piperazine rings is 1. The Labute approximate surface area is 319 Å². The van der Waals surface area contributed by atoms with Gasteiger partial charge in [0.15, 0.2) is 0 Å². The third-order valence-electron chi connectivity index (χ3n) is 11.1. The lowest BCUT2D eigenvalue weighted by atomic mass is 9.66. The fourth-order valence-electron chi connectivity index (χ4n) is 8.47. The summed E-state index contributed by atoms with van der Waals surface area (Å²) in [5.41, 5.74) is 4.03. The lowest BCUT2D eigenvalue weighted by molar-refractivity contribution is -0.0529. The summed E-state index contributed by atoms with van der Waals surface area (Å²) in [6.45, 7) is 8.06. The molecular weight excluding hydrogens is 728 g/mol. The van der Waals surface area contributed by atoms with E-state index >= 15 is 0 Å². The van der Waals surface area contributed by atoms with Gasteiger partial charge in [-0.15, -0.1) is 22.9 Å². The zero-order valence-electron chi connectivity index (χ0n) is 30.1. The van der Waals surface area contributed by atoms with Crippen molar-refractivity contribution in [3.05, 3.63) is 94.1 Å². The number of hydrogen-bond donors (Lipinski definition) is 5. The number of aromatic amines is 2. The first-order valence-electron chi connectivity index (χ1n) is 17.6. The van der Waals surface area contributed by atoms with E-state index in [1.165, 1.54) is 21.1 Å². The van der Waals surface area contributed by atoms with Crippen LogP contribution in [-0.2, 0) is 5.54 Å². The zero-order chi connectivity index (χ0) is 38.3.